The van der Waals surface area contributed by atoms with Crippen molar-refractivity contribution in [2.75, 3.05) is 19.0 Å². The summed E-state index contributed by atoms with van der Waals surface area (Å²) in [6.45, 7) is 3.57. The molecule has 0 atom stereocenters. The van der Waals surface area contributed by atoms with Gasteiger partial charge in [-0.1, -0.05) is 18.2 Å². The minimum Gasteiger partial charge on any atom is -0.495 e. The number of benzene rings is 1. The van der Waals surface area contributed by atoms with E-state index in [0.717, 1.165) is 0 Å². The number of carboxylic acids is 1. The average Bonchev–Trinajstić information content (AvgIpc) is 2.25. The summed E-state index contributed by atoms with van der Waals surface area (Å²) in [5.41, 5.74) is 0.806. The number of carboxylic acid groups (broad SMARTS) is 1. The molecule has 0 bridgehead atoms. The van der Waals surface area contributed by atoms with E-state index in [2.05, 4.69) is 11.9 Å². The predicted octanol–water partition coefficient (Wildman–Crippen LogP) is 2.40. The van der Waals surface area contributed by atoms with Crippen molar-refractivity contribution in [3.63, 3.8) is 0 Å². The number of aliphatic carboxylic acids is 1. The van der Waals surface area contributed by atoms with Crippen molar-refractivity contribution in [1.82, 2.24) is 0 Å². The number of methoxy groups -OCH3 is 1. The largest absolute Gasteiger partial charge is 0.495 e. The quantitative estimate of drug-likeness (QED) is 0.778. The van der Waals surface area contributed by atoms with Crippen LogP contribution in [0.1, 0.15) is 0 Å². The van der Waals surface area contributed by atoms with Gasteiger partial charge in [-0.2, -0.15) is 0 Å². The number of halogens is 1. The second kappa shape index (κ2) is 5.42. The molecule has 5 heteroatoms. The maximum atomic E-state index is 10.5. The van der Waals surface area contributed by atoms with Crippen molar-refractivity contribution in [3.8, 4) is 5.75 Å². The zero-order valence-corrected chi connectivity index (χ0v) is 9.54. The molecule has 1 rings (SSSR count). The molecular weight excluding hydrogens is 230 g/mol. The first-order valence-corrected chi connectivity index (χ1v) is 4.91. The Hall–Kier alpha value is -1.68. The molecule has 4 nitrogen and oxygen atoms in total. The molecule has 0 radical (unpaired) electrons. The van der Waals surface area contributed by atoms with Crippen molar-refractivity contribution in [2.24, 2.45) is 0 Å². The molecule has 2 N–H and O–H groups in total. The molecule has 16 heavy (non-hydrogen) atoms. The Kier molecular flexibility index (Phi) is 4.19. The first-order valence-electron chi connectivity index (χ1n) is 4.53. The van der Waals surface area contributed by atoms with E-state index in [0.29, 0.717) is 16.5 Å². The second-order valence-corrected chi connectivity index (χ2v) is 3.52. The lowest BCUT2D eigenvalue weighted by Crippen LogP contribution is -2.11. The Bertz CT molecular complexity index is 418. The van der Waals surface area contributed by atoms with Crippen molar-refractivity contribution in [1.29, 1.82) is 0 Å². The highest BCUT2D eigenvalue weighted by molar-refractivity contribution is 6.32. The molecule has 0 saturated carbocycles. The fraction of sp³-hybridized carbons (Fsp3) is 0.182. The number of carbonyl (C=O) groups is 1. The van der Waals surface area contributed by atoms with Gasteiger partial charge in [0.2, 0.25) is 0 Å². The van der Waals surface area contributed by atoms with Gasteiger partial charge in [-0.15, -0.1) is 0 Å². The third-order valence-electron chi connectivity index (χ3n) is 1.96. The molecule has 86 valence electrons. The van der Waals surface area contributed by atoms with Crippen LogP contribution in [0.4, 0.5) is 5.69 Å². The monoisotopic (exact) mass is 241 g/mol. The van der Waals surface area contributed by atoms with E-state index in [1.165, 1.54) is 7.11 Å². The molecule has 0 spiro atoms. The molecule has 0 fully saturated rings. The molecule has 0 aliphatic heterocycles. The van der Waals surface area contributed by atoms with Gasteiger partial charge in [0.05, 0.1) is 12.1 Å². The van der Waals surface area contributed by atoms with Crippen LogP contribution in [0.2, 0.25) is 5.02 Å². The van der Waals surface area contributed by atoms with Crippen molar-refractivity contribution < 1.29 is 14.6 Å². The highest BCUT2D eigenvalue weighted by Gasteiger charge is 2.05. The lowest BCUT2D eigenvalue weighted by Gasteiger charge is -2.08. The van der Waals surface area contributed by atoms with Gasteiger partial charge in [0.1, 0.15) is 5.75 Å². The highest BCUT2D eigenvalue weighted by Crippen LogP contribution is 2.27. The maximum Gasteiger partial charge on any atom is 0.332 e. The SMILES string of the molecule is C=C(CNc1ccc(OC)c(Cl)c1)C(=O)O. The van der Waals surface area contributed by atoms with Crippen LogP contribution < -0.4 is 10.1 Å². The van der Waals surface area contributed by atoms with E-state index in [1.54, 1.807) is 18.2 Å². The molecule has 0 heterocycles. The van der Waals surface area contributed by atoms with Crippen LogP contribution in [0, 0.1) is 0 Å². The number of hydrogen-bond acceptors (Lipinski definition) is 3. The summed E-state index contributed by atoms with van der Waals surface area (Å²) < 4.78 is 4.99. The van der Waals surface area contributed by atoms with Crippen LogP contribution >= 0.6 is 11.6 Å². The van der Waals surface area contributed by atoms with E-state index >= 15 is 0 Å². The summed E-state index contributed by atoms with van der Waals surface area (Å²) in [4.78, 5) is 10.5. The lowest BCUT2D eigenvalue weighted by atomic mass is 10.2. The van der Waals surface area contributed by atoms with Gasteiger partial charge in [-0.25, -0.2) is 4.79 Å². The fourth-order valence-corrected chi connectivity index (χ4v) is 1.32. The summed E-state index contributed by atoms with van der Waals surface area (Å²) in [5, 5.41) is 12.0. The molecular formula is C11H12ClNO3. The number of nitrogens with one attached hydrogen (secondary N) is 1. The smallest absolute Gasteiger partial charge is 0.332 e. The number of anilines is 1. The van der Waals surface area contributed by atoms with Crippen LogP contribution in [0.25, 0.3) is 0 Å². The summed E-state index contributed by atoms with van der Waals surface area (Å²) in [5.74, 6) is -0.448. The minimum atomic E-state index is -1.02. The van der Waals surface area contributed by atoms with Crippen LogP contribution in [0.5, 0.6) is 5.75 Å². The van der Waals surface area contributed by atoms with E-state index in [4.69, 9.17) is 21.4 Å². The molecule has 1 aromatic rings. The molecule has 1 aromatic carbocycles. The van der Waals surface area contributed by atoms with Gasteiger partial charge in [-0.05, 0) is 18.2 Å². The molecule has 0 saturated heterocycles. The Morgan fingerprint density at radius 2 is 2.31 bits per heavy atom. The zero-order valence-electron chi connectivity index (χ0n) is 8.79. The molecule has 0 aromatic heterocycles. The molecule has 0 unspecified atom stereocenters. The van der Waals surface area contributed by atoms with Crippen LogP contribution in [0.15, 0.2) is 30.4 Å². The number of ether oxygens (including phenoxy) is 1. The first kappa shape index (κ1) is 12.4. The maximum absolute atomic E-state index is 10.5. The normalized spacial score (nSPS) is 9.62. The van der Waals surface area contributed by atoms with Crippen LogP contribution in [-0.2, 0) is 4.79 Å². The topological polar surface area (TPSA) is 58.6 Å². The summed E-state index contributed by atoms with van der Waals surface area (Å²) in [6, 6.07) is 5.11. The average molecular weight is 242 g/mol. The molecule has 0 aliphatic rings. The van der Waals surface area contributed by atoms with E-state index in [1.807, 2.05) is 0 Å². The third kappa shape index (κ3) is 3.17. The standard InChI is InChI=1S/C11H12ClNO3/c1-7(11(14)15)6-13-8-3-4-10(16-2)9(12)5-8/h3-5,13H,1,6H2,2H3,(H,14,15). The zero-order chi connectivity index (χ0) is 12.1. The Morgan fingerprint density at radius 1 is 1.62 bits per heavy atom. The van der Waals surface area contributed by atoms with Gasteiger partial charge in [0, 0.05) is 17.8 Å². The van der Waals surface area contributed by atoms with Gasteiger partial charge in [0.15, 0.2) is 0 Å². The van der Waals surface area contributed by atoms with Crippen molar-refractivity contribution in [2.45, 2.75) is 0 Å². The number of rotatable bonds is 5. The lowest BCUT2D eigenvalue weighted by molar-refractivity contribution is -0.132. The summed E-state index contributed by atoms with van der Waals surface area (Å²) >= 11 is 5.90. The van der Waals surface area contributed by atoms with E-state index in [-0.39, 0.29) is 12.1 Å². The third-order valence-corrected chi connectivity index (χ3v) is 2.26. The molecule has 0 aliphatic carbocycles. The van der Waals surface area contributed by atoms with Gasteiger partial charge >= 0.3 is 5.97 Å². The van der Waals surface area contributed by atoms with Gasteiger partial charge < -0.3 is 15.2 Å². The van der Waals surface area contributed by atoms with Crippen molar-refractivity contribution in [3.05, 3.63) is 35.4 Å². The van der Waals surface area contributed by atoms with Gasteiger partial charge in [-0.3, -0.25) is 0 Å². The Balaban J connectivity index is 2.65. The number of hydrogen-bond donors (Lipinski definition) is 2. The molecule has 0 amide bonds. The van der Waals surface area contributed by atoms with E-state index < -0.39 is 5.97 Å². The highest BCUT2D eigenvalue weighted by atomic mass is 35.5. The van der Waals surface area contributed by atoms with E-state index in [9.17, 15) is 4.79 Å². The van der Waals surface area contributed by atoms with Crippen LogP contribution in [0.3, 0.4) is 0 Å². The summed E-state index contributed by atoms with van der Waals surface area (Å²) in [7, 11) is 1.53. The second-order valence-electron chi connectivity index (χ2n) is 3.11. The Labute approximate surface area is 98.5 Å². The summed E-state index contributed by atoms with van der Waals surface area (Å²) in [6.07, 6.45) is 0. The first-order chi connectivity index (χ1) is 7.54. The van der Waals surface area contributed by atoms with Crippen molar-refractivity contribution >= 4 is 23.3 Å². The fourth-order valence-electron chi connectivity index (χ4n) is 1.06. The Morgan fingerprint density at radius 3 is 2.81 bits per heavy atom. The predicted molar refractivity (Wildman–Crippen MR) is 63.3 cm³/mol. The minimum absolute atomic E-state index is 0.0898. The van der Waals surface area contributed by atoms with Crippen LogP contribution in [-0.4, -0.2) is 24.7 Å². The van der Waals surface area contributed by atoms with Gasteiger partial charge in [0.25, 0.3) is 0 Å².